The number of carbonyl (C=O) groups excluding carboxylic acids is 5. The highest BCUT2D eigenvalue weighted by Gasteiger charge is 2.40. The summed E-state index contributed by atoms with van der Waals surface area (Å²) in [6, 6.07) is 22.4. The summed E-state index contributed by atoms with van der Waals surface area (Å²) in [4.78, 5) is 73.2. The Hall–Kier alpha value is -5.03. The Morgan fingerprint density at radius 3 is 1.61 bits per heavy atom. The van der Waals surface area contributed by atoms with Crippen LogP contribution in [0, 0.1) is 17.8 Å². The summed E-state index contributed by atoms with van der Waals surface area (Å²) in [7, 11) is 1.55. The lowest BCUT2D eigenvalue weighted by atomic mass is 9.96. The second kappa shape index (κ2) is 19.9. The molecular formula is C43H57N5O6. The van der Waals surface area contributed by atoms with Crippen LogP contribution in [-0.2, 0) is 41.7 Å². The molecule has 1 fully saturated rings. The first-order chi connectivity index (χ1) is 25.7. The van der Waals surface area contributed by atoms with Gasteiger partial charge in [-0.2, -0.15) is 0 Å². The minimum absolute atomic E-state index is 0.0106. The van der Waals surface area contributed by atoms with E-state index in [0.29, 0.717) is 12.0 Å². The third kappa shape index (κ3) is 11.7. The van der Waals surface area contributed by atoms with Crippen LogP contribution in [-0.4, -0.2) is 71.7 Å². The Kier molecular flexibility index (Phi) is 15.4. The van der Waals surface area contributed by atoms with Crippen molar-refractivity contribution in [3.63, 3.8) is 0 Å². The highest BCUT2D eigenvalue weighted by Crippen LogP contribution is 2.25. The van der Waals surface area contributed by atoms with Crippen molar-refractivity contribution in [1.82, 2.24) is 26.2 Å². The summed E-state index contributed by atoms with van der Waals surface area (Å²) in [5.74, 6) is -3.09. The molecule has 0 bridgehead atoms. The van der Waals surface area contributed by atoms with Gasteiger partial charge in [-0.3, -0.25) is 24.0 Å². The molecule has 6 atom stereocenters. The molecule has 0 unspecified atom stereocenters. The molecule has 0 saturated carbocycles. The first-order valence-corrected chi connectivity index (χ1v) is 19.0. The highest BCUT2D eigenvalue weighted by atomic mass is 16.5. The summed E-state index contributed by atoms with van der Waals surface area (Å²) < 4.78 is 6.51. The summed E-state index contributed by atoms with van der Waals surface area (Å²) in [5, 5.41) is 11.7. The van der Waals surface area contributed by atoms with Gasteiger partial charge in [-0.1, -0.05) is 133 Å². The molecule has 4 rings (SSSR count). The number of benzene rings is 3. The van der Waals surface area contributed by atoms with Crippen molar-refractivity contribution in [3.05, 3.63) is 108 Å². The van der Waals surface area contributed by atoms with E-state index in [1.165, 1.54) is 4.90 Å². The van der Waals surface area contributed by atoms with E-state index < -0.39 is 65.8 Å². The third-order valence-corrected chi connectivity index (χ3v) is 9.53. The fourth-order valence-corrected chi connectivity index (χ4v) is 6.87. The number of likely N-dealkylation sites (N-methyl/N-ethyl adjacent to an activating group) is 1. The smallest absolute Gasteiger partial charge is 0.246 e. The van der Waals surface area contributed by atoms with Crippen LogP contribution in [0.4, 0.5) is 0 Å². The van der Waals surface area contributed by atoms with Crippen LogP contribution in [0.5, 0.6) is 0 Å². The van der Waals surface area contributed by atoms with Crippen LogP contribution in [0.15, 0.2) is 91.0 Å². The first kappa shape index (κ1) is 41.7. The Bertz CT molecular complexity index is 1680. The fourth-order valence-electron chi connectivity index (χ4n) is 6.87. The average molecular weight is 740 g/mol. The van der Waals surface area contributed by atoms with Gasteiger partial charge in [-0.05, 0) is 47.3 Å². The highest BCUT2D eigenvalue weighted by molar-refractivity contribution is 5.98. The van der Waals surface area contributed by atoms with E-state index >= 15 is 0 Å². The molecule has 3 aromatic rings. The lowest BCUT2D eigenvalue weighted by Crippen LogP contribution is -2.60. The van der Waals surface area contributed by atoms with Crippen molar-refractivity contribution >= 4 is 29.5 Å². The molecule has 0 aliphatic carbocycles. The number of nitrogens with zero attached hydrogens (tertiary/aromatic N) is 1. The quantitative estimate of drug-likeness (QED) is 0.212. The van der Waals surface area contributed by atoms with E-state index in [4.69, 9.17) is 4.74 Å². The monoisotopic (exact) mass is 739 g/mol. The van der Waals surface area contributed by atoms with Crippen molar-refractivity contribution in [2.24, 2.45) is 17.8 Å². The maximum absolute atomic E-state index is 14.7. The number of nitrogens with one attached hydrogen (secondary N) is 4. The molecule has 0 radical (unpaired) electrons. The maximum atomic E-state index is 14.7. The molecule has 54 heavy (non-hydrogen) atoms. The Balaban J connectivity index is 1.87. The second-order valence-electron chi connectivity index (χ2n) is 15.4. The maximum Gasteiger partial charge on any atom is 0.246 e. The molecule has 3 aromatic carbocycles. The molecule has 11 nitrogen and oxygen atoms in total. The minimum atomic E-state index is -1.33. The molecule has 1 aliphatic heterocycles. The van der Waals surface area contributed by atoms with Crippen LogP contribution < -0.4 is 21.3 Å². The van der Waals surface area contributed by atoms with Gasteiger partial charge < -0.3 is 30.9 Å². The summed E-state index contributed by atoms with van der Waals surface area (Å²) in [6.07, 6.45) is -0.314. The average Bonchev–Trinajstić information content (AvgIpc) is 3.13. The van der Waals surface area contributed by atoms with Crippen LogP contribution in [0.25, 0.3) is 0 Å². The zero-order valence-electron chi connectivity index (χ0n) is 32.6. The normalized spacial score (nSPS) is 22.6. The van der Waals surface area contributed by atoms with E-state index in [1.54, 1.807) is 7.05 Å². The fraction of sp³-hybridized carbons (Fsp3) is 0.465. The van der Waals surface area contributed by atoms with Gasteiger partial charge in [0.1, 0.15) is 36.3 Å². The zero-order valence-corrected chi connectivity index (χ0v) is 32.6. The van der Waals surface area contributed by atoms with Gasteiger partial charge in [0.15, 0.2) is 0 Å². The molecule has 11 heteroatoms. The standard InChI is InChI=1S/C43H57N5O6/c1-27(2)23-33-39(49)44-34(25-30-17-11-8-12-18-30)40(50)47-36(38(32-21-15-10-16-22-32)54-26-31-19-13-9-14-20-31)41(51)46-35(24-28(3)4)43(53)48(7)37(29(5)6)42(52)45-33/h8-22,27-29,33-38H,23-26H2,1-7H3,(H,44,49)(H,45,52)(H,46,51)(H,47,50)/t33-,34-,35+,36-,37+,38+/m1/s1. The Morgan fingerprint density at radius 2 is 1.06 bits per heavy atom. The predicted molar refractivity (Wildman–Crippen MR) is 209 cm³/mol. The molecule has 290 valence electrons. The van der Waals surface area contributed by atoms with Crippen molar-refractivity contribution in [1.29, 1.82) is 0 Å². The molecule has 4 N–H and O–H groups in total. The van der Waals surface area contributed by atoms with Crippen LogP contribution in [0.3, 0.4) is 0 Å². The van der Waals surface area contributed by atoms with Crippen LogP contribution >= 0.6 is 0 Å². The van der Waals surface area contributed by atoms with Crippen molar-refractivity contribution in [3.8, 4) is 0 Å². The number of hydrogen-bond donors (Lipinski definition) is 4. The SMILES string of the molecule is CC(C)C[C@@H]1NC(=O)[C@@H]([C@@H](OCc2ccccc2)c2ccccc2)NC(=O)[C@@H](Cc2ccccc2)NC(=O)[C@@H](CC(C)C)NC(=O)[C@H](C(C)C)N(C)C1=O. The van der Waals surface area contributed by atoms with Gasteiger partial charge in [0, 0.05) is 13.5 Å². The van der Waals surface area contributed by atoms with Crippen molar-refractivity contribution in [2.45, 2.75) is 104 Å². The number of carbonyl (C=O) groups is 5. The zero-order chi connectivity index (χ0) is 39.4. The van der Waals surface area contributed by atoms with E-state index in [-0.39, 0.29) is 37.2 Å². The van der Waals surface area contributed by atoms with E-state index in [0.717, 1.165) is 11.1 Å². The van der Waals surface area contributed by atoms with Gasteiger partial charge in [0.05, 0.1) is 6.61 Å². The van der Waals surface area contributed by atoms with Crippen LogP contribution in [0.1, 0.15) is 77.2 Å². The summed E-state index contributed by atoms with van der Waals surface area (Å²) in [5.41, 5.74) is 2.27. The lowest BCUT2D eigenvalue weighted by molar-refractivity contribution is -0.145. The first-order valence-electron chi connectivity index (χ1n) is 19.0. The topological polar surface area (TPSA) is 146 Å². The van der Waals surface area contributed by atoms with Gasteiger partial charge in [0.25, 0.3) is 0 Å². The number of ether oxygens (including phenoxy) is 1. The number of amides is 5. The Morgan fingerprint density at radius 1 is 0.574 bits per heavy atom. The van der Waals surface area contributed by atoms with Gasteiger partial charge >= 0.3 is 0 Å². The van der Waals surface area contributed by atoms with Crippen LogP contribution in [0.2, 0.25) is 0 Å². The third-order valence-electron chi connectivity index (χ3n) is 9.53. The second-order valence-corrected chi connectivity index (χ2v) is 15.4. The lowest BCUT2D eigenvalue weighted by Gasteiger charge is -2.35. The van der Waals surface area contributed by atoms with E-state index in [1.807, 2.05) is 133 Å². The van der Waals surface area contributed by atoms with E-state index in [9.17, 15) is 24.0 Å². The molecule has 1 saturated heterocycles. The van der Waals surface area contributed by atoms with Gasteiger partial charge in [0.2, 0.25) is 29.5 Å². The number of rotatable bonds is 12. The summed E-state index contributed by atoms with van der Waals surface area (Å²) in [6.45, 7) is 11.6. The largest absolute Gasteiger partial charge is 0.366 e. The molecule has 1 aliphatic rings. The molecule has 0 spiro atoms. The molecule has 1 heterocycles. The molecular weight excluding hydrogens is 683 g/mol. The van der Waals surface area contributed by atoms with Crippen molar-refractivity contribution < 1.29 is 28.7 Å². The van der Waals surface area contributed by atoms with Gasteiger partial charge in [-0.15, -0.1) is 0 Å². The van der Waals surface area contributed by atoms with E-state index in [2.05, 4.69) is 21.3 Å². The number of hydrogen-bond acceptors (Lipinski definition) is 6. The molecule has 0 aromatic heterocycles. The van der Waals surface area contributed by atoms with Gasteiger partial charge in [-0.25, -0.2) is 0 Å². The molecule has 5 amide bonds. The Labute approximate surface area is 320 Å². The minimum Gasteiger partial charge on any atom is -0.366 e. The summed E-state index contributed by atoms with van der Waals surface area (Å²) >= 11 is 0. The predicted octanol–water partition coefficient (Wildman–Crippen LogP) is 4.72. The van der Waals surface area contributed by atoms with Crippen molar-refractivity contribution in [2.75, 3.05) is 7.05 Å².